The first-order valence-electron chi connectivity index (χ1n) is 10.2. The molecule has 1 amide bonds. The van der Waals surface area contributed by atoms with Crippen molar-refractivity contribution in [1.82, 2.24) is 19.5 Å². The summed E-state index contributed by atoms with van der Waals surface area (Å²) in [6.07, 6.45) is 3.34. The summed E-state index contributed by atoms with van der Waals surface area (Å²) in [6, 6.07) is 17.7. The molecule has 1 N–H and O–H groups in total. The number of nitrogens with one attached hydrogen (secondary N) is 1. The van der Waals surface area contributed by atoms with E-state index in [1.165, 1.54) is 0 Å². The fraction of sp³-hybridized carbons (Fsp3) is 0.208. The largest absolute Gasteiger partial charge is 0.494 e. The Hall–Kier alpha value is -3.87. The van der Waals surface area contributed by atoms with Crippen LogP contribution in [0.25, 0.3) is 16.7 Å². The third-order valence-corrected chi connectivity index (χ3v) is 5.11. The van der Waals surface area contributed by atoms with Crippen molar-refractivity contribution >= 4 is 23.2 Å². The van der Waals surface area contributed by atoms with Crippen LogP contribution in [0.1, 0.15) is 23.9 Å². The molecular weight excluding hydrogens is 390 g/mol. The minimum atomic E-state index is -0.209. The van der Waals surface area contributed by atoms with E-state index in [1.807, 2.05) is 75.4 Å². The monoisotopic (exact) mass is 415 g/mol. The summed E-state index contributed by atoms with van der Waals surface area (Å²) >= 11 is 0. The number of carbonyl (C=O) groups excluding carboxylic acids is 1. The number of ether oxygens (including phenoxy) is 1. The zero-order valence-electron chi connectivity index (χ0n) is 17.9. The zero-order chi connectivity index (χ0) is 21.8. The smallest absolute Gasteiger partial charge is 0.260 e. The Balaban J connectivity index is 1.44. The number of hydrazone groups is 1. The molecule has 7 nitrogen and oxygen atoms in total. The highest BCUT2D eigenvalue weighted by atomic mass is 16.5. The number of rotatable bonds is 7. The summed E-state index contributed by atoms with van der Waals surface area (Å²) in [7, 11) is 0. The maximum absolute atomic E-state index is 12.3. The molecule has 0 aliphatic rings. The Kier molecular flexibility index (Phi) is 5.84. The quantitative estimate of drug-likeness (QED) is 0.366. The SMILES string of the molecule is CCOc1ccc(-n2c(C)cc(/C=N\NC(=O)Cn3cnc4ccccc43)c2C)cc1. The fourth-order valence-electron chi connectivity index (χ4n) is 3.67. The molecule has 0 aliphatic carbocycles. The number of fused-ring (bicyclic) bond motifs is 1. The molecule has 0 aliphatic heterocycles. The highest BCUT2D eigenvalue weighted by Gasteiger charge is 2.10. The van der Waals surface area contributed by atoms with E-state index >= 15 is 0 Å². The third-order valence-electron chi connectivity index (χ3n) is 5.11. The summed E-state index contributed by atoms with van der Waals surface area (Å²) in [5.74, 6) is 0.642. The Labute approximate surface area is 181 Å². The number of nitrogens with zero attached hydrogens (tertiary/aromatic N) is 4. The Morgan fingerprint density at radius 2 is 1.94 bits per heavy atom. The van der Waals surface area contributed by atoms with Crippen molar-refractivity contribution in [1.29, 1.82) is 0 Å². The second kappa shape index (κ2) is 8.87. The van der Waals surface area contributed by atoms with Gasteiger partial charge in [-0.25, -0.2) is 10.4 Å². The van der Waals surface area contributed by atoms with Crippen molar-refractivity contribution in [3.05, 3.63) is 77.9 Å². The first-order valence-corrected chi connectivity index (χ1v) is 10.2. The van der Waals surface area contributed by atoms with Gasteiger partial charge in [-0.1, -0.05) is 12.1 Å². The van der Waals surface area contributed by atoms with E-state index in [2.05, 4.69) is 20.1 Å². The molecule has 0 fully saturated rings. The summed E-state index contributed by atoms with van der Waals surface area (Å²) in [5.41, 5.74) is 8.51. The molecule has 0 bridgehead atoms. The third kappa shape index (κ3) is 4.35. The summed E-state index contributed by atoms with van der Waals surface area (Å²) in [5, 5.41) is 4.16. The molecule has 0 spiro atoms. The Morgan fingerprint density at radius 3 is 2.71 bits per heavy atom. The van der Waals surface area contributed by atoms with Crippen LogP contribution in [0.5, 0.6) is 5.75 Å². The van der Waals surface area contributed by atoms with Crippen molar-refractivity contribution in [2.24, 2.45) is 5.10 Å². The molecule has 0 unspecified atom stereocenters. The number of imidazole rings is 1. The normalized spacial score (nSPS) is 11.3. The van der Waals surface area contributed by atoms with Gasteiger partial charge >= 0.3 is 0 Å². The van der Waals surface area contributed by atoms with Crippen LogP contribution < -0.4 is 10.2 Å². The lowest BCUT2D eigenvalue weighted by molar-refractivity contribution is -0.121. The Morgan fingerprint density at radius 1 is 1.16 bits per heavy atom. The van der Waals surface area contributed by atoms with E-state index in [0.29, 0.717) is 6.61 Å². The summed E-state index contributed by atoms with van der Waals surface area (Å²) in [6.45, 7) is 6.84. The number of para-hydroxylation sites is 2. The van der Waals surface area contributed by atoms with Gasteiger partial charge in [-0.15, -0.1) is 0 Å². The minimum Gasteiger partial charge on any atom is -0.494 e. The predicted molar refractivity (Wildman–Crippen MR) is 122 cm³/mol. The van der Waals surface area contributed by atoms with E-state index in [9.17, 15) is 4.79 Å². The van der Waals surface area contributed by atoms with E-state index in [4.69, 9.17) is 4.74 Å². The number of hydrogen-bond acceptors (Lipinski definition) is 4. The van der Waals surface area contributed by atoms with Gasteiger partial charge in [-0.3, -0.25) is 4.79 Å². The van der Waals surface area contributed by atoms with Crippen LogP contribution in [0.3, 0.4) is 0 Å². The lowest BCUT2D eigenvalue weighted by atomic mass is 10.2. The van der Waals surface area contributed by atoms with Crippen LogP contribution in [0.15, 0.2) is 66.0 Å². The second-order valence-corrected chi connectivity index (χ2v) is 7.24. The maximum Gasteiger partial charge on any atom is 0.260 e. The first kappa shape index (κ1) is 20.4. The first-order chi connectivity index (χ1) is 15.1. The van der Waals surface area contributed by atoms with Gasteiger partial charge in [0.05, 0.1) is 30.2 Å². The van der Waals surface area contributed by atoms with Crippen LogP contribution in [0, 0.1) is 13.8 Å². The zero-order valence-corrected chi connectivity index (χ0v) is 17.9. The van der Waals surface area contributed by atoms with Crippen LogP contribution in [0.2, 0.25) is 0 Å². The molecule has 2 aromatic heterocycles. The van der Waals surface area contributed by atoms with Crippen LogP contribution in [0.4, 0.5) is 0 Å². The highest BCUT2D eigenvalue weighted by Crippen LogP contribution is 2.22. The molecule has 0 saturated carbocycles. The van der Waals surface area contributed by atoms with Gasteiger partial charge in [0.15, 0.2) is 0 Å². The Bertz CT molecular complexity index is 1230. The standard InChI is InChI=1S/C24H25N5O2/c1-4-31-21-11-9-20(10-12-21)29-17(2)13-19(18(29)3)14-26-27-24(30)15-28-16-25-22-7-5-6-8-23(22)28/h5-14,16H,4,15H2,1-3H3,(H,27,30)/b26-14-. The van der Waals surface area contributed by atoms with Crippen molar-refractivity contribution in [3.8, 4) is 11.4 Å². The van der Waals surface area contributed by atoms with Crippen molar-refractivity contribution in [2.45, 2.75) is 27.3 Å². The van der Waals surface area contributed by atoms with Gasteiger partial charge in [0.25, 0.3) is 5.91 Å². The number of amides is 1. The number of carbonyl (C=O) groups is 1. The second-order valence-electron chi connectivity index (χ2n) is 7.24. The number of hydrogen-bond donors (Lipinski definition) is 1. The molecule has 2 aromatic carbocycles. The van der Waals surface area contributed by atoms with Gasteiger partial charge in [0.2, 0.25) is 0 Å². The van der Waals surface area contributed by atoms with Crippen molar-refractivity contribution in [2.75, 3.05) is 6.61 Å². The van der Waals surface area contributed by atoms with Gasteiger partial charge < -0.3 is 13.9 Å². The van der Waals surface area contributed by atoms with Crippen molar-refractivity contribution in [3.63, 3.8) is 0 Å². The molecule has 2 heterocycles. The topological polar surface area (TPSA) is 73.4 Å². The molecule has 0 atom stereocenters. The molecule has 158 valence electrons. The van der Waals surface area contributed by atoms with Crippen LogP contribution in [-0.2, 0) is 11.3 Å². The van der Waals surface area contributed by atoms with E-state index < -0.39 is 0 Å². The van der Waals surface area contributed by atoms with Gasteiger partial charge in [0, 0.05) is 22.6 Å². The highest BCUT2D eigenvalue weighted by molar-refractivity contribution is 5.85. The number of aryl methyl sites for hydroxylation is 1. The average Bonchev–Trinajstić information content (AvgIpc) is 3.29. The van der Waals surface area contributed by atoms with Gasteiger partial charge in [0.1, 0.15) is 12.3 Å². The lowest BCUT2D eigenvalue weighted by Crippen LogP contribution is -2.22. The average molecular weight is 415 g/mol. The van der Waals surface area contributed by atoms with Crippen LogP contribution in [-0.4, -0.2) is 32.8 Å². The number of benzene rings is 2. The van der Waals surface area contributed by atoms with Crippen LogP contribution >= 0.6 is 0 Å². The molecule has 31 heavy (non-hydrogen) atoms. The molecule has 0 radical (unpaired) electrons. The molecule has 4 aromatic rings. The number of aromatic nitrogens is 3. The fourth-order valence-corrected chi connectivity index (χ4v) is 3.67. The van der Waals surface area contributed by atoms with Crippen molar-refractivity contribution < 1.29 is 9.53 Å². The lowest BCUT2D eigenvalue weighted by Gasteiger charge is -2.11. The van der Waals surface area contributed by atoms with Gasteiger partial charge in [-0.05, 0) is 63.2 Å². The van der Waals surface area contributed by atoms with Gasteiger partial charge in [-0.2, -0.15) is 5.10 Å². The minimum absolute atomic E-state index is 0.156. The summed E-state index contributed by atoms with van der Waals surface area (Å²) < 4.78 is 9.48. The summed E-state index contributed by atoms with van der Waals surface area (Å²) in [4.78, 5) is 16.6. The van der Waals surface area contributed by atoms with E-state index in [1.54, 1.807) is 17.1 Å². The molecule has 0 saturated heterocycles. The molecular formula is C24H25N5O2. The predicted octanol–water partition coefficient (Wildman–Crippen LogP) is 3.99. The van der Waals surface area contributed by atoms with E-state index in [-0.39, 0.29) is 12.5 Å². The maximum atomic E-state index is 12.3. The molecule has 7 heteroatoms. The molecule has 4 rings (SSSR count). The van der Waals surface area contributed by atoms with E-state index in [0.717, 1.165) is 39.4 Å².